The molecule has 3 N–H and O–H groups in total. The Bertz CT molecular complexity index is 575. The molecule has 2 rings (SSSR count). The second-order valence-electron chi connectivity index (χ2n) is 4.83. The molecule has 0 bridgehead atoms. The van der Waals surface area contributed by atoms with E-state index < -0.39 is 0 Å². The van der Waals surface area contributed by atoms with Crippen LogP contribution in [-0.2, 0) is 4.79 Å². The van der Waals surface area contributed by atoms with E-state index in [1.807, 2.05) is 25.1 Å². The molecule has 0 aliphatic heterocycles. The first-order valence-electron chi connectivity index (χ1n) is 6.47. The lowest BCUT2D eigenvalue weighted by atomic mass is 10.1. The van der Waals surface area contributed by atoms with Crippen LogP contribution < -0.4 is 11.1 Å². The fourth-order valence-electron chi connectivity index (χ4n) is 1.93. The van der Waals surface area contributed by atoms with Crippen LogP contribution in [0.1, 0.15) is 32.1 Å². The van der Waals surface area contributed by atoms with Crippen molar-refractivity contribution in [2.45, 2.75) is 39.2 Å². The number of hydrogen-bond donors (Lipinski definition) is 2. The lowest BCUT2D eigenvalue weighted by molar-refractivity contribution is -0.116. The first kappa shape index (κ1) is 13.5. The summed E-state index contributed by atoms with van der Waals surface area (Å²) < 4.78 is 5.38. The number of aryl methyl sites for hydroxylation is 1. The maximum Gasteiger partial charge on any atom is 0.224 e. The molecule has 1 atom stereocenters. The van der Waals surface area contributed by atoms with Crippen LogP contribution in [-0.4, -0.2) is 16.9 Å². The molecule has 0 fully saturated rings. The molecule has 1 amide bonds. The highest BCUT2D eigenvalue weighted by Gasteiger charge is 2.06. The smallest absolute Gasteiger partial charge is 0.224 e. The Morgan fingerprint density at radius 1 is 1.53 bits per heavy atom. The Balaban J connectivity index is 1.95. The van der Waals surface area contributed by atoms with Crippen LogP contribution in [0.5, 0.6) is 0 Å². The molecular weight excluding hydrogens is 242 g/mol. The minimum absolute atomic E-state index is 0.000201. The molecule has 5 nitrogen and oxygen atoms in total. The second kappa shape index (κ2) is 5.84. The number of carbonyl (C=O) groups is 1. The molecule has 5 heteroatoms. The van der Waals surface area contributed by atoms with Crippen molar-refractivity contribution >= 4 is 22.7 Å². The number of nitrogens with one attached hydrogen (secondary N) is 1. The zero-order chi connectivity index (χ0) is 13.8. The van der Waals surface area contributed by atoms with E-state index in [1.54, 1.807) is 6.92 Å². The third-order valence-electron chi connectivity index (χ3n) is 2.84. The Morgan fingerprint density at radius 2 is 2.32 bits per heavy atom. The van der Waals surface area contributed by atoms with Crippen molar-refractivity contribution in [1.82, 2.24) is 4.98 Å². The van der Waals surface area contributed by atoms with Gasteiger partial charge in [-0.2, -0.15) is 0 Å². The van der Waals surface area contributed by atoms with Crippen molar-refractivity contribution < 1.29 is 9.21 Å². The van der Waals surface area contributed by atoms with Crippen molar-refractivity contribution in [2.24, 2.45) is 5.73 Å². The third kappa shape index (κ3) is 3.79. The zero-order valence-corrected chi connectivity index (χ0v) is 11.3. The summed E-state index contributed by atoms with van der Waals surface area (Å²) in [6, 6.07) is 5.58. The molecule has 0 aliphatic rings. The van der Waals surface area contributed by atoms with Crippen molar-refractivity contribution in [1.29, 1.82) is 0 Å². The number of rotatable bonds is 5. The number of fused-ring (bicyclic) bond motifs is 1. The fourth-order valence-corrected chi connectivity index (χ4v) is 1.93. The van der Waals surface area contributed by atoms with Gasteiger partial charge in [0, 0.05) is 25.1 Å². The van der Waals surface area contributed by atoms with Gasteiger partial charge in [-0.1, -0.05) is 0 Å². The molecule has 0 saturated heterocycles. The van der Waals surface area contributed by atoms with E-state index in [1.165, 1.54) is 0 Å². The van der Waals surface area contributed by atoms with Crippen molar-refractivity contribution in [3.8, 4) is 0 Å². The van der Waals surface area contributed by atoms with Crippen molar-refractivity contribution in [3.05, 3.63) is 24.1 Å². The zero-order valence-electron chi connectivity index (χ0n) is 11.3. The largest absolute Gasteiger partial charge is 0.441 e. The molecule has 1 aromatic heterocycles. The predicted octanol–water partition coefficient (Wildman–Crippen LogP) is 2.59. The van der Waals surface area contributed by atoms with E-state index in [0.717, 1.165) is 29.6 Å². The topological polar surface area (TPSA) is 81.2 Å². The van der Waals surface area contributed by atoms with Crippen LogP contribution in [0.25, 0.3) is 11.1 Å². The lowest BCUT2D eigenvalue weighted by Gasteiger charge is -2.06. The van der Waals surface area contributed by atoms with Gasteiger partial charge in [0.2, 0.25) is 5.91 Å². The first-order valence-corrected chi connectivity index (χ1v) is 6.47. The molecule has 19 heavy (non-hydrogen) atoms. The summed E-state index contributed by atoms with van der Waals surface area (Å²) in [5.74, 6) is 0.621. The average Bonchev–Trinajstić information content (AvgIpc) is 2.67. The first-order chi connectivity index (χ1) is 9.04. The van der Waals surface area contributed by atoms with Gasteiger partial charge in [0.15, 0.2) is 11.5 Å². The number of amides is 1. The quantitative estimate of drug-likeness (QED) is 0.866. The Labute approximate surface area is 112 Å². The molecule has 0 spiro atoms. The van der Waals surface area contributed by atoms with Gasteiger partial charge in [-0.25, -0.2) is 4.98 Å². The van der Waals surface area contributed by atoms with Crippen LogP contribution in [0, 0.1) is 6.92 Å². The van der Waals surface area contributed by atoms with Gasteiger partial charge in [0.05, 0.1) is 0 Å². The van der Waals surface area contributed by atoms with Gasteiger partial charge in [0.1, 0.15) is 5.52 Å². The molecule has 0 saturated carbocycles. The molecule has 1 heterocycles. The van der Waals surface area contributed by atoms with E-state index >= 15 is 0 Å². The van der Waals surface area contributed by atoms with Crippen LogP contribution in [0.3, 0.4) is 0 Å². The molecule has 1 aromatic carbocycles. The maximum absolute atomic E-state index is 11.7. The van der Waals surface area contributed by atoms with E-state index in [4.69, 9.17) is 10.2 Å². The normalized spacial score (nSPS) is 12.6. The molecule has 2 aromatic rings. The predicted molar refractivity (Wildman–Crippen MR) is 74.9 cm³/mol. The SMILES string of the molecule is Cc1nc2cc(NC(=O)CCCC(C)N)ccc2o1. The van der Waals surface area contributed by atoms with E-state index in [9.17, 15) is 4.79 Å². The van der Waals surface area contributed by atoms with Crippen molar-refractivity contribution in [3.63, 3.8) is 0 Å². The Kier molecular flexibility index (Phi) is 4.16. The van der Waals surface area contributed by atoms with Gasteiger partial charge in [-0.05, 0) is 38.0 Å². The van der Waals surface area contributed by atoms with Crippen LogP contribution in [0.2, 0.25) is 0 Å². The van der Waals surface area contributed by atoms with E-state index in [-0.39, 0.29) is 11.9 Å². The minimum atomic E-state index is 0.000201. The Hall–Kier alpha value is -1.88. The summed E-state index contributed by atoms with van der Waals surface area (Å²) in [7, 11) is 0. The Morgan fingerprint density at radius 3 is 3.05 bits per heavy atom. The highest BCUT2D eigenvalue weighted by molar-refractivity contribution is 5.92. The number of hydrogen-bond acceptors (Lipinski definition) is 4. The third-order valence-corrected chi connectivity index (χ3v) is 2.84. The molecule has 102 valence electrons. The van der Waals surface area contributed by atoms with Crippen LogP contribution >= 0.6 is 0 Å². The second-order valence-corrected chi connectivity index (χ2v) is 4.83. The molecule has 0 radical (unpaired) electrons. The van der Waals surface area contributed by atoms with Gasteiger partial charge in [-0.15, -0.1) is 0 Å². The highest BCUT2D eigenvalue weighted by atomic mass is 16.3. The summed E-state index contributed by atoms with van der Waals surface area (Å²) in [4.78, 5) is 16.0. The molecule has 1 unspecified atom stereocenters. The number of aromatic nitrogens is 1. The van der Waals surface area contributed by atoms with E-state index in [0.29, 0.717) is 12.3 Å². The number of nitrogens with two attached hydrogens (primary N) is 1. The number of carbonyl (C=O) groups excluding carboxylic acids is 1. The summed E-state index contributed by atoms with van der Waals surface area (Å²) in [5.41, 5.74) is 7.87. The summed E-state index contributed by atoms with van der Waals surface area (Å²) in [6.45, 7) is 3.74. The lowest BCUT2D eigenvalue weighted by Crippen LogP contribution is -2.16. The highest BCUT2D eigenvalue weighted by Crippen LogP contribution is 2.19. The molecular formula is C14H19N3O2. The minimum Gasteiger partial charge on any atom is -0.441 e. The number of benzene rings is 1. The van der Waals surface area contributed by atoms with Crippen LogP contribution in [0.15, 0.2) is 22.6 Å². The van der Waals surface area contributed by atoms with Gasteiger partial charge >= 0.3 is 0 Å². The maximum atomic E-state index is 11.7. The van der Waals surface area contributed by atoms with Crippen molar-refractivity contribution in [2.75, 3.05) is 5.32 Å². The average molecular weight is 261 g/mol. The number of nitrogens with zero attached hydrogens (tertiary/aromatic N) is 1. The fraction of sp³-hybridized carbons (Fsp3) is 0.429. The summed E-state index contributed by atoms with van der Waals surface area (Å²) in [6.07, 6.45) is 2.14. The number of anilines is 1. The molecule has 0 aliphatic carbocycles. The van der Waals surface area contributed by atoms with Crippen LogP contribution in [0.4, 0.5) is 5.69 Å². The number of oxazole rings is 1. The monoisotopic (exact) mass is 261 g/mol. The summed E-state index contributed by atoms with van der Waals surface area (Å²) in [5, 5.41) is 2.86. The standard InChI is InChI=1S/C14H19N3O2/c1-9(15)4-3-5-14(18)17-11-6-7-13-12(8-11)16-10(2)19-13/h6-9H,3-5,15H2,1-2H3,(H,17,18). The van der Waals surface area contributed by atoms with Gasteiger partial charge in [-0.3, -0.25) is 4.79 Å². The van der Waals surface area contributed by atoms with Gasteiger partial charge < -0.3 is 15.5 Å². The van der Waals surface area contributed by atoms with Gasteiger partial charge in [0.25, 0.3) is 0 Å². The summed E-state index contributed by atoms with van der Waals surface area (Å²) >= 11 is 0. The van der Waals surface area contributed by atoms with E-state index in [2.05, 4.69) is 10.3 Å².